The first-order chi connectivity index (χ1) is 10.7. The second-order valence-electron chi connectivity index (χ2n) is 5.27. The lowest BCUT2D eigenvalue weighted by Gasteiger charge is -2.24. The summed E-state index contributed by atoms with van der Waals surface area (Å²) in [7, 11) is 1.55. The maximum Gasteiger partial charge on any atom is 0.255 e. The number of hydrogen-bond acceptors (Lipinski definition) is 5. The molecule has 1 unspecified atom stereocenters. The molecule has 0 saturated carbocycles. The molecule has 0 aliphatic carbocycles. The van der Waals surface area contributed by atoms with Crippen LogP contribution in [0.5, 0.6) is 5.88 Å². The van der Waals surface area contributed by atoms with Crippen molar-refractivity contribution in [2.75, 3.05) is 13.7 Å². The van der Waals surface area contributed by atoms with Crippen LogP contribution >= 0.6 is 0 Å². The van der Waals surface area contributed by atoms with Crippen LogP contribution in [0.3, 0.4) is 0 Å². The molecule has 2 aromatic rings. The minimum atomic E-state index is -0.0195. The van der Waals surface area contributed by atoms with Gasteiger partial charge in [-0.15, -0.1) is 0 Å². The summed E-state index contributed by atoms with van der Waals surface area (Å²) in [4.78, 5) is 27.3. The van der Waals surface area contributed by atoms with E-state index in [0.717, 1.165) is 30.9 Å². The average molecular weight is 298 g/mol. The Kier molecular flexibility index (Phi) is 4.00. The van der Waals surface area contributed by atoms with Crippen LogP contribution in [-0.4, -0.2) is 39.4 Å². The van der Waals surface area contributed by atoms with Crippen LogP contribution < -0.4 is 4.74 Å². The highest BCUT2D eigenvalue weighted by Gasteiger charge is 2.31. The number of aromatic nitrogens is 3. The van der Waals surface area contributed by atoms with Gasteiger partial charge in [0.25, 0.3) is 5.91 Å². The van der Waals surface area contributed by atoms with Crippen molar-refractivity contribution in [3.05, 3.63) is 47.7 Å². The van der Waals surface area contributed by atoms with Crippen LogP contribution in [0.15, 0.2) is 30.6 Å². The van der Waals surface area contributed by atoms with Crippen LogP contribution in [0, 0.1) is 6.92 Å². The summed E-state index contributed by atoms with van der Waals surface area (Å²) in [6.07, 6.45) is 5.20. The molecule has 0 bridgehead atoms. The van der Waals surface area contributed by atoms with Crippen molar-refractivity contribution in [2.45, 2.75) is 25.8 Å². The number of carbonyl (C=O) groups excluding carboxylic acids is 1. The zero-order chi connectivity index (χ0) is 15.5. The van der Waals surface area contributed by atoms with Gasteiger partial charge in [0.1, 0.15) is 5.82 Å². The largest absolute Gasteiger partial charge is 0.481 e. The molecule has 6 nitrogen and oxygen atoms in total. The van der Waals surface area contributed by atoms with E-state index in [0.29, 0.717) is 11.4 Å². The molecule has 0 N–H and O–H groups in total. The van der Waals surface area contributed by atoms with E-state index in [9.17, 15) is 4.79 Å². The lowest BCUT2D eigenvalue weighted by atomic mass is 10.1. The van der Waals surface area contributed by atoms with E-state index < -0.39 is 0 Å². The van der Waals surface area contributed by atoms with Crippen molar-refractivity contribution in [3.63, 3.8) is 0 Å². The van der Waals surface area contributed by atoms with E-state index in [2.05, 4.69) is 15.0 Å². The Labute approximate surface area is 129 Å². The summed E-state index contributed by atoms with van der Waals surface area (Å²) in [5.41, 5.74) is 1.47. The Morgan fingerprint density at radius 1 is 1.32 bits per heavy atom. The highest BCUT2D eigenvalue weighted by Crippen LogP contribution is 2.32. The van der Waals surface area contributed by atoms with Crippen LogP contribution in [-0.2, 0) is 0 Å². The summed E-state index contributed by atoms with van der Waals surface area (Å²) in [6, 6.07) is 5.34. The Hall–Kier alpha value is -2.50. The molecule has 0 spiro atoms. The maximum absolute atomic E-state index is 12.7. The van der Waals surface area contributed by atoms with Gasteiger partial charge in [-0.3, -0.25) is 4.79 Å². The summed E-state index contributed by atoms with van der Waals surface area (Å²) in [5, 5.41) is 0. The predicted octanol–water partition coefficient (Wildman–Crippen LogP) is 2.17. The number of methoxy groups -OCH3 is 1. The molecule has 0 radical (unpaired) electrons. The number of amides is 1. The fraction of sp³-hybridized carbons (Fsp3) is 0.375. The van der Waals surface area contributed by atoms with Gasteiger partial charge in [-0.1, -0.05) is 0 Å². The zero-order valence-electron chi connectivity index (χ0n) is 12.7. The molecule has 1 fully saturated rings. The van der Waals surface area contributed by atoms with Crippen molar-refractivity contribution in [3.8, 4) is 5.88 Å². The quantitative estimate of drug-likeness (QED) is 0.868. The van der Waals surface area contributed by atoms with E-state index >= 15 is 0 Å². The van der Waals surface area contributed by atoms with Crippen LogP contribution in [0.1, 0.15) is 40.8 Å². The standard InChI is InChI=1S/C16H18N4O2/c1-11-17-8-7-13(19-11)14-4-3-9-20(14)16(21)12-5-6-15(22-2)18-10-12/h5-8,10,14H,3-4,9H2,1-2H3. The van der Waals surface area contributed by atoms with Crippen molar-refractivity contribution < 1.29 is 9.53 Å². The fourth-order valence-corrected chi connectivity index (χ4v) is 2.77. The van der Waals surface area contributed by atoms with E-state index in [-0.39, 0.29) is 11.9 Å². The number of ether oxygens (including phenoxy) is 1. The van der Waals surface area contributed by atoms with Gasteiger partial charge in [0.05, 0.1) is 24.4 Å². The van der Waals surface area contributed by atoms with Gasteiger partial charge in [-0.05, 0) is 31.9 Å². The number of nitrogens with zero attached hydrogens (tertiary/aromatic N) is 4. The molecular formula is C16H18N4O2. The molecule has 2 aromatic heterocycles. The molecule has 22 heavy (non-hydrogen) atoms. The molecule has 1 saturated heterocycles. The van der Waals surface area contributed by atoms with Crippen molar-refractivity contribution in [2.24, 2.45) is 0 Å². The van der Waals surface area contributed by atoms with Gasteiger partial charge in [-0.25, -0.2) is 15.0 Å². The van der Waals surface area contributed by atoms with E-state index in [1.807, 2.05) is 17.9 Å². The van der Waals surface area contributed by atoms with Gasteiger partial charge < -0.3 is 9.64 Å². The number of aryl methyl sites for hydroxylation is 1. The van der Waals surface area contributed by atoms with E-state index in [1.165, 1.54) is 0 Å². The number of rotatable bonds is 3. The molecule has 6 heteroatoms. The molecule has 1 aliphatic heterocycles. The summed E-state index contributed by atoms with van der Waals surface area (Å²) >= 11 is 0. The van der Waals surface area contributed by atoms with Crippen LogP contribution in [0.2, 0.25) is 0 Å². The summed E-state index contributed by atoms with van der Waals surface area (Å²) in [6.45, 7) is 2.59. The highest BCUT2D eigenvalue weighted by atomic mass is 16.5. The van der Waals surface area contributed by atoms with Gasteiger partial charge >= 0.3 is 0 Å². The topological polar surface area (TPSA) is 68.2 Å². The van der Waals surface area contributed by atoms with Gasteiger partial charge in [0, 0.05) is 25.0 Å². The summed E-state index contributed by atoms with van der Waals surface area (Å²) < 4.78 is 5.03. The second-order valence-corrected chi connectivity index (χ2v) is 5.27. The SMILES string of the molecule is COc1ccc(C(=O)N2CCCC2c2ccnc(C)n2)cn1. The van der Waals surface area contributed by atoms with Crippen LogP contribution in [0.25, 0.3) is 0 Å². The second kappa shape index (κ2) is 6.09. The number of pyridine rings is 1. The van der Waals surface area contributed by atoms with Gasteiger partial charge in [0.15, 0.2) is 0 Å². The lowest BCUT2D eigenvalue weighted by molar-refractivity contribution is 0.0732. The molecule has 0 aromatic carbocycles. The number of carbonyl (C=O) groups is 1. The minimum Gasteiger partial charge on any atom is -0.481 e. The molecule has 1 amide bonds. The molecule has 3 rings (SSSR count). The maximum atomic E-state index is 12.7. The third-order valence-corrected chi connectivity index (χ3v) is 3.85. The third-order valence-electron chi connectivity index (χ3n) is 3.85. The summed E-state index contributed by atoms with van der Waals surface area (Å²) in [5.74, 6) is 1.21. The first-order valence-corrected chi connectivity index (χ1v) is 7.29. The lowest BCUT2D eigenvalue weighted by Crippen LogP contribution is -2.31. The first kappa shape index (κ1) is 14.4. The molecule has 114 valence electrons. The Morgan fingerprint density at radius 2 is 2.18 bits per heavy atom. The van der Waals surface area contributed by atoms with Crippen molar-refractivity contribution in [1.29, 1.82) is 0 Å². The average Bonchev–Trinajstić information content (AvgIpc) is 3.04. The smallest absolute Gasteiger partial charge is 0.255 e. The molecular weight excluding hydrogens is 280 g/mol. The van der Waals surface area contributed by atoms with E-state index in [4.69, 9.17) is 4.74 Å². The Bertz CT molecular complexity index is 672. The third kappa shape index (κ3) is 2.77. The minimum absolute atomic E-state index is 0.0105. The van der Waals surface area contributed by atoms with Crippen molar-refractivity contribution in [1.82, 2.24) is 19.9 Å². The first-order valence-electron chi connectivity index (χ1n) is 7.29. The normalized spacial score (nSPS) is 17.5. The Balaban J connectivity index is 1.84. The van der Waals surface area contributed by atoms with Crippen LogP contribution in [0.4, 0.5) is 0 Å². The molecule has 1 aliphatic rings. The number of likely N-dealkylation sites (tertiary alicyclic amines) is 1. The Morgan fingerprint density at radius 3 is 2.86 bits per heavy atom. The fourth-order valence-electron chi connectivity index (χ4n) is 2.77. The highest BCUT2D eigenvalue weighted by molar-refractivity contribution is 5.94. The molecule has 3 heterocycles. The number of hydrogen-bond donors (Lipinski definition) is 0. The van der Waals surface area contributed by atoms with E-state index in [1.54, 1.807) is 31.6 Å². The zero-order valence-corrected chi connectivity index (χ0v) is 12.7. The predicted molar refractivity (Wildman–Crippen MR) is 80.6 cm³/mol. The van der Waals surface area contributed by atoms with Crippen molar-refractivity contribution >= 4 is 5.91 Å². The monoisotopic (exact) mass is 298 g/mol. The molecule has 1 atom stereocenters. The van der Waals surface area contributed by atoms with Gasteiger partial charge in [-0.2, -0.15) is 0 Å². The van der Waals surface area contributed by atoms with Gasteiger partial charge in [0.2, 0.25) is 5.88 Å².